The summed E-state index contributed by atoms with van der Waals surface area (Å²) in [7, 11) is 1.42. The van der Waals surface area contributed by atoms with Gasteiger partial charge in [0.15, 0.2) is 5.11 Å². The van der Waals surface area contributed by atoms with Crippen molar-refractivity contribution >= 4 is 61.3 Å². The average Bonchev–Trinajstić information content (AvgIpc) is 2.93. The van der Waals surface area contributed by atoms with Crippen LogP contribution in [-0.4, -0.2) is 18.2 Å². The lowest BCUT2D eigenvalue weighted by Crippen LogP contribution is -2.20. The van der Waals surface area contributed by atoms with Crippen molar-refractivity contribution in [3.63, 3.8) is 0 Å². The van der Waals surface area contributed by atoms with Crippen LogP contribution in [0.4, 0.5) is 10.7 Å². The highest BCUT2D eigenvalue weighted by atomic mass is 79.9. The van der Waals surface area contributed by atoms with Crippen LogP contribution >= 0.6 is 39.5 Å². The number of hydrogen-bond donors (Lipinski definition) is 2. The number of carbonyl (C=O) groups is 1. The number of nitrogens with one attached hydrogen (secondary N) is 2. The summed E-state index contributed by atoms with van der Waals surface area (Å²) >= 11 is 10.6. The molecule has 0 radical (unpaired) electrons. The molecule has 0 saturated heterocycles. The van der Waals surface area contributed by atoms with E-state index in [0.717, 1.165) is 45.6 Å². The Morgan fingerprint density at radius 3 is 2.85 bits per heavy atom. The second kappa shape index (κ2) is 8.06. The van der Waals surface area contributed by atoms with Gasteiger partial charge in [0.05, 0.1) is 18.4 Å². The maximum Gasteiger partial charge on any atom is 0.341 e. The quantitative estimate of drug-likeness (QED) is 0.472. The molecule has 3 rings (SSSR count). The Kier molecular flexibility index (Phi) is 5.99. The fourth-order valence-corrected chi connectivity index (χ4v) is 5.41. The second-order valence-corrected chi connectivity index (χ2v) is 8.98. The van der Waals surface area contributed by atoms with E-state index in [-0.39, 0.29) is 5.97 Å². The van der Waals surface area contributed by atoms with Crippen LogP contribution in [0.5, 0.6) is 0 Å². The molecule has 0 aliphatic heterocycles. The first-order valence-corrected chi connectivity index (χ1v) is 10.5. The Balaban J connectivity index is 1.84. The molecule has 7 heteroatoms. The lowest BCUT2D eigenvalue weighted by Gasteiger charge is -2.18. The first-order valence-electron chi connectivity index (χ1n) is 8.46. The summed E-state index contributed by atoms with van der Waals surface area (Å²) in [4.78, 5) is 13.6. The van der Waals surface area contributed by atoms with Gasteiger partial charge in [-0.05, 0) is 83.5 Å². The summed E-state index contributed by atoms with van der Waals surface area (Å²) < 4.78 is 5.96. The van der Waals surface area contributed by atoms with Gasteiger partial charge in [-0.3, -0.25) is 0 Å². The zero-order valence-electron chi connectivity index (χ0n) is 14.9. The van der Waals surface area contributed by atoms with Crippen LogP contribution in [0.15, 0.2) is 22.7 Å². The summed E-state index contributed by atoms with van der Waals surface area (Å²) in [5.41, 5.74) is 3.78. The second-order valence-electron chi connectivity index (χ2n) is 6.61. The van der Waals surface area contributed by atoms with Crippen molar-refractivity contribution in [2.45, 2.75) is 33.1 Å². The van der Waals surface area contributed by atoms with E-state index < -0.39 is 0 Å². The van der Waals surface area contributed by atoms with E-state index in [2.05, 4.69) is 33.5 Å². The number of thiocarbonyl (C=S) groups is 1. The smallest absolute Gasteiger partial charge is 0.341 e. The SMILES string of the molecule is COC(=O)c1c(NC(=S)Nc2ccc(C)cc2Br)sc2c1CCC(C)C2. The third-order valence-corrected chi connectivity index (χ3v) is 6.53. The van der Waals surface area contributed by atoms with Gasteiger partial charge in [0.25, 0.3) is 0 Å². The average molecular weight is 453 g/mol. The Morgan fingerprint density at radius 2 is 2.15 bits per heavy atom. The highest BCUT2D eigenvalue weighted by Crippen LogP contribution is 2.40. The minimum atomic E-state index is -0.307. The predicted molar refractivity (Wildman–Crippen MR) is 116 cm³/mol. The Hall–Kier alpha value is -1.44. The van der Waals surface area contributed by atoms with Gasteiger partial charge in [0.2, 0.25) is 0 Å². The molecule has 138 valence electrons. The third kappa shape index (κ3) is 4.10. The van der Waals surface area contributed by atoms with Gasteiger partial charge in [0.1, 0.15) is 5.00 Å². The van der Waals surface area contributed by atoms with E-state index in [1.807, 2.05) is 25.1 Å². The molecule has 1 aliphatic rings. The first-order chi connectivity index (χ1) is 12.4. The molecule has 4 nitrogen and oxygen atoms in total. The highest BCUT2D eigenvalue weighted by molar-refractivity contribution is 9.10. The molecule has 1 aromatic heterocycles. The van der Waals surface area contributed by atoms with Crippen molar-refractivity contribution in [2.75, 3.05) is 17.7 Å². The fourth-order valence-electron chi connectivity index (χ4n) is 3.14. The van der Waals surface area contributed by atoms with E-state index in [1.165, 1.54) is 12.0 Å². The molecule has 0 bridgehead atoms. The maximum atomic E-state index is 12.4. The minimum absolute atomic E-state index is 0.307. The minimum Gasteiger partial charge on any atom is -0.465 e. The van der Waals surface area contributed by atoms with Gasteiger partial charge in [-0.15, -0.1) is 11.3 Å². The number of halogens is 1. The van der Waals surface area contributed by atoms with E-state index in [1.54, 1.807) is 11.3 Å². The van der Waals surface area contributed by atoms with Crippen molar-refractivity contribution in [1.82, 2.24) is 0 Å². The van der Waals surface area contributed by atoms with E-state index in [4.69, 9.17) is 17.0 Å². The Bertz CT molecular complexity index is 863. The first kappa shape index (κ1) is 19.3. The normalized spacial score (nSPS) is 15.9. The third-order valence-electron chi connectivity index (χ3n) is 4.50. The zero-order chi connectivity index (χ0) is 18.8. The number of hydrogen-bond acceptors (Lipinski definition) is 4. The van der Waals surface area contributed by atoms with E-state index >= 15 is 0 Å². The number of rotatable bonds is 3. The van der Waals surface area contributed by atoms with Crippen LogP contribution in [0.3, 0.4) is 0 Å². The predicted octanol–water partition coefficient (Wildman–Crippen LogP) is 5.54. The summed E-state index contributed by atoms with van der Waals surface area (Å²) in [6, 6.07) is 6.01. The number of thiophene rings is 1. The van der Waals surface area contributed by atoms with Crippen LogP contribution in [0.2, 0.25) is 0 Å². The van der Waals surface area contributed by atoms with Gasteiger partial charge < -0.3 is 15.4 Å². The number of carbonyl (C=O) groups excluding carboxylic acids is 1. The van der Waals surface area contributed by atoms with Gasteiger partial charge in [-0.25, -0.2) is 4.79 Å². The van der Waals surface area contributed by atoms with Crippen molar-refractivity contribution in [3.05, 3.63) is 44.2 Å². The van der Waals surface area contributed by atoms with Crippen molar-refractivity contribution in [1.29, 1.82) is 0 Å². The number of ether oxygens (including phenoxy) is 1. The summed E-state index contributed by atoms with van der Waals surface area (Å²) in [5.74, 6) is 0.326. The Labute approximate surface area is 171 Å². The number of anilines is 2. The summed E-state index contributed by atoms with van der Waals surface area (Å²) in [6.07, 6.45) is 2.99. The lowest BCUT2D eigenvalue weighted by atomic mass is 9.88. The molecule has 1 heterocycles. The monoisotopic (exact) mass is 452 g/mol. The topological polar surface area (TPSA) is 50.4 Å². The largest absolute Gasteiger partial charge is 0.465 e. The van der Waals surface area contributed by atoms with Gasteiger partial charge in [0, 0.05) is 9.35 Å². The Morgan fingerprint density at radius 1 is 1.38 bits per heavy atom. The van der Waals surface area contributed by atoms with Crippen molar-refractivity contribution < 1.29 is 9.53 Å². The molecule has 26 heavy (non-hydrogen) atoms. The highest BCUT2D eigenvalue weighted by Gasteiger charge is 2.28. The van der Waals surface area contributed by atoms with Crippen LogP contribution < -0.4 is 10.6 Å². The molecule has 1 aromatic carbocycles. The zero-order valence-corrected chi connectivity index (χ0v) is 18.2. The molecule has 2 N–H and O–H groups in total. The van der Waals surface area contributed by atoms with Crippen LogP contribution in [-0.2, 0) is 17.6 Å². The maximum absolute atomic E-state index is 12.4. The van der Waals surface area contributed by atoms with Crippen molar-refractivity contribution in [2.24, 2.45) is 5.92 Å². The van der Waals surface area contributed by atoms with Crippen molar-refractivity contribution in [3.8, 4) is 0 Å². The van der Waals surface area contributed by atoms with Gasteiger partial charge in [-0.1, -0.05) is 13.0 Å². The molecule has 1 aliphatic carbocycles. The van der Waals surface area contributed by atoms with E-state index in [9.17, 15) is 4.79 Å². The molecule has 0 amide bonds. The standard InChI is InChI=1S/C19H21BrN2O2S2/c1-10-5-7-14(13(20)8-10)21-19(25)22-17-16(18(23)24-3)12-6-4-11(2)9-15(12)26-17/h5,7-8,11H,4,6,9H2,1-3H3,(H2,21,22,25). The summed E-state index contributed by atoms with van der Waals surface area (Å²) in [5, 5.41) is 7.60. The molecule has 0 saturated carbocycles. The number of methoxy groups -OCH3 is 1. The molecule has 0 fully saturated rings. The van der Waals surface area contributed by atoms with Crippen LogP contribution in [0.1, 0.15) is 39.7 Å². The van der Waals surface area contributed by atoms with Crippen LogP contribution in [0, 0.1) is 12.8 Å². The van der Waals surface area contributed by atoms with E-state index in [0.29, 0.717) is 16.6 Å². The van der Waals surface area contributed by atoms with Crippen LogP contribution in [0.25, 0.3) is 0 Å². The molecular formula is C19H21BrN2O2S2. The van der Waals surface area contributed by atoms with Gasteiger partial charge >= 0.3 is 5.97 Å². The number of esters is 1. The molecule has 1 atom stereocenters. The number of benzene rings is 1. The lowest BCUT2D eigenvalue weighted by molar-refractivity contribution is 0.0601. The fraction of sp³-hybridized carbons (Fsp3) is 0.368. The van der Waals surface area contributed by atoms with Gasteiger partial charge in [-0.2, -0.15) is 0 Å². The number of fused-ring (bicyclic) bond motifs is 1. The number of aryl methyl sites for hydroxylation is 1. The molecular weight excluding hydrogens is 432 g/mol. The molecule has 1 unspecified atom stereocenters. The molecule has 0 spiro atoms. The molecule has 2 aromatic rings. The summed E-state index contributed by atoms with van der Waals surface area (Å²) in [6.45, 7) is 4.28.